The van der Waals surface area contributed by atoms with Crippen molar-refractivity contribution < 1.29 is 38.5 Å². The first-order chi connectivity index (χ1) is 27.3. The van der Waals surface area contributed by atoms with Crippen LogP contribution in [0.2, 0.25) is 0 Å². The van der Waals surface area contributed by atoms with E-state index in [9.17, 15) is 14.7 Å². The number of anilines is 2. The third-order valence-corrected chi connectivity index (χ3v) is 11.5. The number of cyclic esters (lactones) is 1. The molecule has 56 heavy (non-hydrogen) atoms. The van der Waals surface area contributed by atoms with Crippen molar-refractivity contribution in [3.63, 3.8) is 0 Å². The molecule has 4 aliphatic heterocycles. The highest BCUT2D eigenvalue weighted by molar-refractivity contribution is 6.05. The summed E-state index contributed by atoms with van der Waals surface area (Å²) in [5.41, 5.74) is 1.33. The summed E-state index contributed by atoms with van der Waals surface area (Å²) in [5.74, 6) is -4.14. The molecule has 12 heteroatoms. The molecular formula is C44H50N4O8. The third kappa shape index (κ3) is 7.13. The maximum atomic E-state index is 15.4. The van der Waals surface area contributed by atoms with E-state index in [1.165, 1.54) is 12.0 Å². The Morgan fingerprint density at radius 3 is 2.29 bits per heavy atom. The van der Waals surface area contributed by atoms with Crippen molar-refractivity contribution in [2.24, 2.45) is 11.8 Å². The lowest BCUT2D eigenvalue weighted by molar-refractivity contribution is -0.162. The van der Waals surface area contributed by atoms with Crippen LogP contribution in [0.4, 0.5) is 11.4 Å². The second-order valence-corrected chi connectivity index (χ2v) is 14.6. The molecule has 4 aliphatic rings. The summed E-state index contributed by atoms with van der Waals surface area (Å²) in [5, 5.41) is 14.0. The van der Waals surface area contributed by atoms with E-state index in [1.54, 1.807) is 29.2 Å². The Labute approximate surface area is 327 Å². The maximum absolute atomic E-state index is 15.4. The summed E-state index contributed by atoms with van der Waals surface area (Å²) >= 11 is 0. The van der Waals surface area contributed by atoms with Crippen LogP contribution in [0.15, 0.2) is 109 Å². The lowest BCUT2D eigenvalue weighted by Crippen LogP contribution is -2.57. The molecule has 2 saturated heterocycles. The van der Waals surface area contributed by atoms with E-state index in [4.69, 9.17) is 14.2 Å². The number of fused-ring (bicyclic) bond motifs is 2. The minimum atomic E-state index is -1.54. The number of methoxy groups -OCH3 is 1. The average molecular weight is 763 g/mol. The monoisotopic (exact) mass is 762 g/mol. The molecule has 0 radical (unpaired) electrons. The van der Waals surface area contributed by atoms with E-state index in [0.717, 1.165) is 18.8 Å². The fourth-order valence-corrected chi connectivity index (χ4v) is 8.83. The zero-order valence-corrected chi connectivity index (χ0v) is 32.0. The predicted octanol–water partition coefficient (Wildman–Crippen LogP) is 4.52. The van der Waals surface area contributed by atoms with Gasteiger partial charge in [0.2, 0.25) is 11.8 Å². The lowest BCUT2D eigenvalue weighted by Gasteiger charge is -2.39. The number of nitrogens with zero attached hydrogens (tertiary/aromatic N) is 3. The van der Waals surface area contributed by atoms with Gasteiger partial charge in [0.05, 0.1) is 37.3 Å². The van der Waals surface area contributed by atoms with Gasteiger partial charge >= 0.3 is 5.97 Å². The van der Waals surface area contributed by atoms with E-state index >= 15 is 9.59 Å². The Hall–Kier alpha value is -5.30. The minimum Gasteiger partial charge on any atom is -0.455 e. The van der Waals surface area contributed by atoms with Crippen LogP contribution in [-0.2, 0) is 33.4 Å². The molecule has 12 nitrogen and oxygen atoms in total. The summed E-state index contributed by atoms with van der Waals surface area (Å²) in [6.07, 6.45) is 5.88. The topological polar surface area (TPSA) is 138 Å². The van der Waals surface area contributed by atoms with E-state index in [-0.39, 0.29) is 25.5 Å². The molecule has 7 rings (SSSR count). The number of aliphatic hydroxyl groups is 1. The summed E-state index contributed by atoms with van der Waals surface area (Å²) < 4.78 is 18.6. The van der Waals surface area contributed by atoms with Gasteiger partial charge in [-0.3, -0.25) is 19.2 Å². The van der Waals surface area contributed by atoms with Gasteiger partial charge < -0.3 is 39.3 Å². The number of nitrogens with one attached hydrogen (secondary N) is 1. The maximum Gasteiger partial charge on any atom is 0.313 e. The largest absolute Gasteiger partial charge is 0.455 e. The molecule has 5 bridgehead atoms. The molecule has 2 fully saturated rings. The smallest absolute Gasteiger partial charge is 0.313 e. The number of ether oxygens (including phenoxy) is 3. The first-order valence-corrected chi connectivity index (χ1v) is 19.5. The minimum absolute atomic E-state index is 0.0485. The Morgan fingerprint density at radius 1 is 0.929 bits per heavy atom. The van der Waals surface area contributed by atoms with Gasteiger partial charge in [0.25, 0.3) is 5.91 Å². The number of aliphatic hydroxyl groups excluding tert-OH is 1. The summed E-state index contributed by atoms with van der Waals surface area (Å²) in [7, 11) is 1.51. The van der Waals surface area contributed by atoms with E-state index in [1.807, 2.05) is 84.9 Å². The van der Waals surface area contributed by atoms with E-state index in [0.29, 0.717) is 23.2 Å². The molecule has 0 aromatic heterocycles. The van der Waals surface area contributed by atoms with Gasteiger partial charge in [-0.2, -0.15) is 0 Å². The Bertz CT molecular complexity index is 1930. The summed E-state index contributed by atoms with van der Waals surface area (Å²) in [4.78, 5) is 63.8. The molecule has 3 amide bonds. The highest BCUT2D eigenvalue weighted by atomic mass is 16.6. The Balaban J connectivity index is 1.36. The number of likely N-dealkylation sites (tertiary alicyclic amines) is 1. The molecule has 0 saturated carbocycles. The highest BCUT2D eigenvalue weighted by Gasteiger charge is 2.74. The van der Waals surface area contributed by atoms with Crippen molar-refractivity contribution in [2.75, 3.05) is 49.8 Å². The predicted molar refractivity (Wildman–Crippen MR) is 210 cm³/mol. The van der Waals surface area contributed by atoms with Gasteiger partial charge in [0, 0.05) is 44.5 Å². The molecule has 3 aromatic carbocycles. The fraction of sp³-hybridized carbons (Fsp3) is 0.409. The standard InChI is InChI=1S/C44H50N4O8/c1-4-46(5-2)31-20-22-32(23-21-31)47-26-14-8-13-19-36(50)45-33(28-54-3)39(30-17-11-7-12-18-30)55-43(53)37-35-24-25-44(56-35)38(37)41(51)48(40(44)42(47)52)34(27-49)29-15-9-6-10-16-29/h6-12,14-18,20-25,33-35,37-40,49H,4-5,13,19,26-28H2,1-3H3,(H,45,50)/b14-8-/t33-,34-,35+,37-,38-,39-,40+,44-/m1/s1. The summed E-state index contributed by atoms with van der Waals surface area (Å²) in [6, 6.07) is 22.9. The number of rotatable bonds is 10. The quantitative estimate of drug-likeness (QED) is 0.226. The zero-order valence-electron chi connectivity index (χ0n) is 32.0. The molecule has 2 N–H and O–H groups in total. The van der Waals surface area contributed by atoms with Crippen LogP contribution < -0.4 is 15.1 Å². The number of benzene rings is 3. The number of allylic oxidation sites excluding steroid dienone is 1. The number of amides is 3. The van der Waals surface area contributed by atoms with E-state index < -0.39 is 72.2 Å². The molecular weight excluding hydrogens is 713 g/mol. The van der Waals surface area contributed by atoms with Crippen LogP contribution in [0.25, 0.3) is 0 Å². The van der Waals surface area contributed by atoms with E-state index in [2.05, 4.69) is 24.1 Å². The number of hydrogen-bond acceptors (Lipinski definition) is 9. The molecule has 1 spiro atoms. The second-order valence-electron chi connectivity index (χ2n) is 14.6. The van der Waals surface area contributed by atoms with Crippen LogP contribution in [-0.4, -0.2) is 97.4 Å². The fourth-order valence-electron chi connectivity index (χ4n) is 8.83. The van der Waals surface area contributed by atoms with Gasteiger partial charge in [-0.25, -0.2) is 0 Å². The van der Waals surface area contributed by atoms with Crippen LogP contribution in [0.5, 0.6) is 0 Å². The molecule has 3 aromatic rings. The summed E-state index contributed by atoms with van der Waals surface area (Å²) in [6.45, 7) is 5.49. The van der Waals surface area contributed by atoms with Crippen molar-refractivity contribution in [3.8, 4) is 0 Å². The molecule has 8 atom stereocenters. The first kappa shape index (κ1) is 39.0. The highest BCUT2D eigenvalue weighted by Crippen LogP contribution is 2.57. The van der Waals surface area contributed by atoms with Crippen molar-refractivity contribution in [3.05, 3.63) is 120 Å². The van der Waals surface area contributed by atoms with Crippen LogP contribution in [0.3, 0.4) is 0 Å². The van der Waals surface area contributed by atoms with Gasteiger partial charge in [-0.15, -0.1) is 0 Å². The van der Waals surface area contributed by atoms with Crippen molar-refractivity contribution >= 4 is 35.1 Å². The van der Waals surface area contributed by atoms with Crippen molar-refractivity contribution in [2.45, 2.75) is 62.6 Å². The lowest BCUT2D eigenvalue weighted by atomic mass is 9.74. The van der Waals surface area contributed by atoms with Crippen LogP contribution >= 0.6 is 0 Å². The van der Waals surface area contributed by atoms with Crippen LogP contribution in [0.1, 0.15) is 50.0 Å². The van der Waals surface area contributed by atoms with Gasteiger partial charge in [0.1, 0.15) is 23.7 Å². The Kier molecular flexibility index (Phi) is 11.7. The molecule has 0 unspecified atom stereocenters. The normalized spacial score (nSPS) is 28.9. The molecule has 0 aliphatic carbocycles. The third-order valence-electron chi connectivity index (χ3n) is 11.5. The molecule has 294 valence electrons. The van der Waals surface area contributed by atoms with Gasteiger partial charge in [-0.05, 0) is 55.7 Å². The second kappa shape index (κ2) is 16.8. The zero-order chi connectivity index (χ0) is 39.4. The number of carbonyl (C=O) groups excluding carboxylic acids is 4. The molecule has 4 heterocycles. The van der Waals surface area contributed by atoms with Crippen molar-refractivity contribution in [1.82, 2.24) is 10.2 Å². The SMILES string of the molecule is CCN(CC)c1ccc(N2C/C=C\CCC(=O)N[C@H](COC)[C@@H](c3ccccc3)OC(=O)[C@@H]3[C@@H]4C=C[C@]5(O4)[C@H](C2=O)N([C@H](CO)c2ccccc2)C(=O)[C@@H]35)cc1. The van der Waals surface area contributed by atoms with Crippen LogP contribution in [0, 0.1) is 11.8 Å². The van der Waals surface area contributed by atoms with Gasteiger partial charge in [0.15, 0.2) is 0 Å². The number of hydrogen-bond donors (Lipinski definition) is 2. The average Bonchev–Trinajstić information content (AvgIpc) is 3.87. The van der Waals surface area contributed by atoms with Gasteiger partial charge in [-0.1, -0.05) is 85.0 Å². The first-order valence-electron chi connectivity index (χ1n) is 19.5. The van der Waals surface area contributed by atoms with Crippen molar-refractivity contribution in [1.29, 1.82) is 0 Å². The number of esters is 1. The number of carbonyl (C=O) groups is 4. The Morgan fingerprint density at radius 2 is 1.62 bits per heavy atom.